The van der Waals surface area contributed by atoms with Crippen molar-refractivity contribution in [1.29, 1.82) is 5.26 Å². The van der Waals surface area contributed by atoms with E-state index < -0.39 is 17.6 Å². The predicted octanol–water partition coefficient (Wildman–Crippen LogP) is 3.13. The minimum Gasteiger partial charge on any atom is -0.477 e. The van der Waals surface area contributed by atoms with Crippen molar-refractivity contribution in [2.75, 3.05) is 11.5 Å². The summed E-state index contributed by atoms with van der Waals surface area (Å²) in [5.74, 6) is -1.72. The van der Waals surface area contributed by atoms with E-state index in [1.165, 1.54) is 6.07 Å². The van der Waals surface area contributed by atoms with Gasteiger partial charge in [0, 0.05) is 17.2 Å². The number of hydrogen-bond donors (Lipinski definition) is 0. The van der Waals surface area contributed by atoms with E-state index >= 15 is 0 Å². The van der Waals surface area contributed by atoms with Gasteiger partial charge in [0.2, 0.25) is 0 Å². The highest BCUT2D eigenvalue weighted by Crippen LogP contribution is 2.39. The molecule has 0 bridgehead atoms. The molecule has 23 heavy (non-hydrogen) atoms. The average Bonchev–Trinajstić information content (AvgIpc) is 2.79. The summed E-state index contributed by atoms with van der Waals surface area (Å²) in [7, 11) is 0. The molecule has 1 aliphatic heterocycles. The largest absolute Gasteiger partial charge is 0.477 e. The Hall–Kier alpha value is -2.39. The lowest BCUT2D eigenvalue weighted by molar-refractivity contribution is -0.120. The summed E-state index contributed by atoms with van der Waals surface area (Å²) < 4.78 is 19.4. The Labute approximate surface area is 136 Å². The lowest BCUT2D eigenvalue weighted by Gasteiger charge is -2.17. The van der Waals surface area contributed by atoms with E-state index in [2.05, 4.69) is 0 Å². The monoisotopic (exact) mass is 334 g/mol. The zero-order valence-electron chi connectivity index (χ0n) is 12.1. The summed E-state index contributed by atoms with van der Waals surface area (Å²) in [6, 6.07) is 3.93. The maximum Gasteiger partial charge on any atom is 0.261 e. The van der Waals surface area contributed by atoms with Gasteiger partial charge in [0.05, 0.1) is 10.7 Å². The lowest BCUT2D eigenvalue weighted by Crippen LogP contribution is -2.32. The van der Waals surface area contributed by atoms with E-state index in [9.17, 15) is 14.0 Å². The van der Waals surface area contributed by atoms with Crippen molar-refractivity contribution in [2.24, 2.45) is 0 Å². The van der Waals surface area contributed by atoms with Gasteiger partial charge in [0.15, 0.2) is 6.61 Å². The number of carbonyl (C=O) groups is 2. The third-order valence-corrected chi connectivity index (χ3v) is 4.22. The standard InChI is InChI=1S/C16H12ClFN2O3/c17-11-7-12(18)13(8-14(11)23-6-5-19)20-15(21)9-3-1-2-4-10(9)16(20)22/h7-8H,1-4,6H2. The molecule has 0 saturated carbocycles. The van der Waals surface area contributed by atoms with Crippen LogP contribution in [0.2, 0.25) is 5.02 Å². The van der Waals surface area contributed by atoms with Crippen LogP contribution in [0.5, 0.6) is 5.75 Å². The topological polar surface area (TPSA) is 70.4 Å². The molecule has 0 radical (unpaired) electrons. The SMILES string of the molecule is N#CCOc1cc(N2C(=O)C3=C(CCCC3)C2=O)c(F)cc1Cl. The molecule has 0 saturated heterocycles. The molecule has 0 fully saturated rings. The molecular weight excluding hydrogens is 323 g/mol. The van der Waals surface area contributed by atoms with Crippen LogP contribution in [0.25, 0.3) is 0 Å². The summed E-state index contributed by atoms with van der Waals surface area (Å²) >= 11 is 5.87. The molecule has 2 amide bonds. The number of nitriles is 1. The maximum atomic E-state index is 14.3. The summed E-state index contributed by atoms with van der Waals surface area (Å²) in [4.78, 5) is 25.8. The maximum absolute atomic E-state index is 14.3. The fraction of sp³-hybridized carbons (Fsp3) is 0.312. The van der Waals surface area contributed by atoms with Crippen LogP contribution in [-0.4, -0.2) is 18.4 Å². The summed E-state index contributed by atoms with van der Waals surface area (Å²) in [6.07, 6.45) is 2.74. The van der Waals surface area contributed by atoms with Crippen molar-refractivity contribution in [2.45, 2.75) is 25.7 Å². The smallest absolute Gasteiger partial charge is 0.261 e. The van der Waals surface area contributed by atoms with Crippen LogP contribution >= 0.6 is 11.6 Å². The van der Waals surface area contributed by atoms with E-state index in [1.807, 2.05) is 0 Å². The Morgan fingerprint density at radius 2 is 1.83 bits per heavy atom. The first-order valence-corrected chi connectivity index (χ1v) is 7.52. The van der Waals surface area contributed by atoms with E-state index in [0.717, 1.165) is 23.8 Å². The van der Waals surface area contributed by atoms with E-state index in [-0.39, 0.29) is 23.1 Å². The second kappa shape index (κ2) is 6.01. The molecule has 0 atom stereocenters. The van der Waals surface area contributed by atoms with Gasteiger partial charge in [-0.15, -0.1) is 0 Å². The van der Waals surface area contributed by atoms with Crippen molar-refractivity contribution in [1.82, 2.24) is 0 Å². The fourth-order valence-electron chi connectivity index (χ4n) is 2.87. The molecule has 1 aromatic carbocycles. The Morgan fingerprint density at radius 1 is 1.22 bits per heavy atom. The zero-order valence-corrected chi connectivity index (χ0v) is 12.8. The van der Waals surface area contributed by atoms with Crippen LogP contribution in [0.4, 0.5) is 10.1 Å². The highest BCUT2D eigenvalue weighted by Gasteiger charge is 2.41. The van der Waals surface area contributed by atoms with Crippen molar-refractivity contribution in [3.63, 3.8) is 0 Å². The lowest BCUT2D eigenvalue weighted by atomic mass is 9.93. The number of anilines is 1. The minimum atomic E-state index is -0.791. The minimum absolute atomic E-state index is 0.0293. The molecule has 0 unspecified atom stereocenters. The summed E-state index contributed by atoms with van der Waals surface area (Å²) in [5.41, 5.74) is 0.733. The van der Waals surface area contributed by atoms with Gasteiger partial charge >= 0.3 is 0 Å². The number of amides is 2. The molecule has 0 aromatic heterocycles. The molecule has 118 valence electrons. The van der Waals surface area contributed by atoms with Gasteiger partial charge in [-0.05, 0) is 31.7 Å². The zero-order chi connectivity index (χ0) is 16.6. The highest BCUT2D eigenvalue weighted by atomic mass is 35.5. The molecule has 1 aromatic rings. The molecule has 3 rings (SSSR count). The van der Waals surface area contributed by atoms with Crippen LogP contribution in [0, 0.1) is 17.1 Å². The number of ether oxygens (including phenoxy) is 1. The Balaban J connectivity index is 2.01. The summed E-state index contributed by atoms with van der Waals surface area (Å²) in [6.45, 7) is -0.276. The number of imide groups is 1. The predicted molar refractivity (Wildman–Crippen MR) is 80.5 cm³/mol. The van der Waals surface area contributed by atoms with Gasteiger partial charge in [0.1, 0.15) is 17.6 Å². The quantitative estimate of drug-likeness (QED) is 0.796. The van der Waals surface area contributed by atoms with Gasteiger partial charge in [0.25, 0.3) is 11.8 Å². The molecule has 0 spiro atoms. The summed E-state index contributed by atoms with van der Waals surface area (Å²) in [5, 5.41) is 8.53. The first kappa shape index (κ1) is 15.5. The van der Waals surface area contributed by atoms with Crippen molar-refractivity contribution in [3.05, 3.63) is 34.1 Å². The second-order valence-electron chi connectivity index (χ2n) is 5.29. The van der Waals surface area contributed by atoms with Crippen LogP contribution in [-0.2, 0) is 9.59 Å². The van der Waals surface area contributed by atoms with Gasteiger partial charge in [-0.2, -0.15) is 5.26 Å². The van der Waals surface area contributed by atoms with Crippen molar-refractivity contribution < 1.29 is 18.7 Å². The number of rotatable bonds is 3. The third-order valence-electron chi connectivity index (χ3n) is 3.92. The van der Waals surface area contributed by atoms with Crippen molar-refractivity contribution in [3.8, 4) is 11.8 Å². The van der Waals surface area contributed by atoms with Gasteiger partial charge in [-0.3, -0.25) is 9.59 Å². The number of benzene rings is 1. The van der Waals surface area contributed by atoms with Gasteiger partial charge < -0.3 is 4.74 Å². The second-order valence-corrected chi connectivity index (χ2v) is 5.70. The van der Waals surface area contributed by atoms with Gasteiger partial charge in [-0.1, -0.05) is 11.6 Å². The molecular formula is C16H12ClFN2O3. The fourth-order valence-corrected chi connectivity index (χ4v) is 3.07. The van der Waals surface area contributed by atoms with E-state index in [4.69, 9.17) is 21.6 Å². The average molecular weight is 335 g/mol. The van der Waals surface area contributed by atoms with Crippen LogP contribution < -0.4 is 9.64 Å². The van der Waals surface area contributed by atoms with Crippen LogP contribution in [0.15, 0.2) is 23.3 Å². The van der Waals surface area contributed by atoms with E-state index in [1.54, 1.807) is 6.07 Å². The van der Waals surface area contributed by atoms with E-state index in [0.29, 0.717) is 24.0 Å². The Bertz CT molecular complexity index is 754. The highest BCUT2D eigenvalue weighted by molar-refractivity contribution is 6.34. The molecule has 1 aliphatic carbocycles. The molecule has 5 nitrogen and oxygen atoms in total. The first-order valence-electron chi connectivity index (χ1n) is 7.14. The molecule has 0 N–H and O–H groups in total. The van der Waals surface area contributed by atoms with Crippen molar-refractivity contribution >= 4 is 29.1 Å². The number of nitrogens with zero attached hydrogens (tertiary/aromatic N) is 2. The number of carbonyl (C=O) groups excluding carboxylic acids is 2. The normalized spacial score (nSPS) is 17.3. The Morgan fingerprint density at radius 3 is 2.39 bits per heavy atom. The number of halogens is 2. The number of hydrogen-bond acceptors (Lipinski definition) is 4. The van der Waals surface area contributed by atoms with Gasteiger partial charge in [-0.25, -0.2) is 9.29 Å². The molecule has 1 heterocycles. The van der Waals surface area contributed by atoms with Crippen LogP contribution in [0.3, 0.4) is 0 Å². The third kappa shape index (κ3) is 2.57. The first-order chi connectivity index (χ1) is 11.0. The Kier molecular flexibility index (Phi) is 4.05. The van der Waals surface area contributed by atoms with Crippen LogP contribution in [0.1, 0.15) is 25.7 Å². The molecule has 7 heteroatoms. The molecule has 2 aliphatic rings.